The summed E-state index contributed by atoms with van der Waals surface area (Å²) in [6.45, 7) is 0.289. The first-order valence-corrected chi connectivity index (χ1v) is 9.52. The standard InChI is InChI=1S/C17H13BrN2O4S/c18-13-1-3-14(4-2-13)25(22,23)16-6-5-15(24-16)17(21)20-11-12-7-9-19-10-8-12/h1-10H,11H2,(H,20,21). The van der Waals surface area contributed by atoms with E-state index in [0.717, 1.165) is 10.0 Å². The molecular weight excluding hydrogens is 408 g/mol. The quantitative estimate of drug-likeness (QED) is 0.684. The number of carbonyl (C=O) groups excluding carboxylic acids is 1. The zero-order chi connectivity index (χ0) is 17.9. The van der Waals surface area contributed by atoms with Crippen LogP contribution in [-0.4, -0.2) is 19.3 Å². The van der Waals surface area contributed by atoms with E-state index in [-0.39, 0.29) is 22.3 Å². The van der Waals surface area contributed by atoms with Gasteiger partial charge in [0.1, 0.15) is 0 Å². The highest BCUT2D eigenvalue weighted by atomic mass is 79.9. The van der Waals surface area contributed by atoms with E-state index in [1.165, 1.54) is 24.3 Å². The number of nitrogens with zero attached hydrogens (tertiary/aromatic N) is 1. The van der Waals surface area contributed by atoms with Crippen molar-refractivity contribution in [2.45, 2.75) is 16.5 Å². The summed E-state index contributed by atoms with van der Waals surface area (Å²) in [5.41, 5.74) is 0.873. The zero-order valence-electron chi connectivity index (χ0n) is 12.8. The molecule has 0 bridgehead atoms. The van der Waals surface area contributed by atoms with Gasteiger partial charge in [-0.2, -0.15) is 0 Å². The fourth-order valence-electron chi connectivity index (χ4n) is 2.09. The van der Waals surface area contributed by atoms with Crippen molar-refractivity contribution in [3.63, 3.8) is 0 Å². The molecule has 0 saturated carbocycles. The lowest BCUT2D eigenvalue weighted by molar-refractivity contribution is 0.0918. The minimum atomic E-state index is -3.81. The topological polar surface area (TPSA) is 89.3 Å². The van der Waals surface area contributed by atoms with E-state index < -0.39 is 15.7 Å². The number of nitrogens with one attached hydrogen (secondary N) is 1. The van der Waals surface area contributed by atoms with E-state index in [2.05, 4.69) is 26.2 Å². The van der Waals surface area contributed by atoms with Crippen LogP contribution in [-0.2, 0) is 16.4 Å². The van der Waals surface area contributed by atoms with Crippen molar-refractivity contribution >= 4 is 31.7 Å². The van der Waals surface area contributed by atoms with Crippen molar-refractivity contribution in [2.24, 2.45) is 0 Å². The van der Waals surface area contributed by atoms with Crippen LogP contribution in [0.2, 0.25) is 0 Å². The molecule has 3 rings (SSSR count). The van der Waals surface area contributed by atoms with Crippen molar-refractivity contribution in [3.8, 4) is 0 Å². The van der Waals surface area contributed by atoms with Gasteiger partial charge in [-0.3, -0.25) is 9.78 Å². The maximum Gasteiger partial charge on any atom is 0.287 e. The number of hydrogen-bond acceptors (Lipinski definition) is 5. The van der Waals surface area contributed by atoms with Crippen LogP contribution in [0, 0.1) is 0 Å². The molecule has 0 aliphatic carbocycles. The molecule has 2 heterocycles. The fourth-order valence-corrected chi connectivity index (χ4v) is 3.52. The van der Waals surface area contributed by atoms with Gasteiger partial charge in [-0.05, 0) is 54.1 Å². The Morgan fingerprint density at radius 1 is 1.04 bits per heavy atom. The van der Waals surface area contributed by atoms with Crippen LogP contribution >= 0.6 is 15.9 Å². The normalized spacial score (nSPS) is 11.2. The molecule has 3 aromatic rings. The monoisotopic (exact) mass is 420 g/mol. The number of halogens is 1. The SMILES string of the molecule is O=C(NCc1ccncc1)c1ccc(S(=O)(=O)c2ccc(Br)cc2)o1. The third-order valence-electron chi connectivity index (χ3n) is 3.40. The summed E-state index contributed by atoms with van der Waals surface area (Å²) < 4.78 is 31.1. The van der Waals surface area contributed by atoms with Gasteiger partial charge in [0.25, 0.3) is 5.91 Å². The smallest absolute Gasteiger partial charge is 0.287 e. The average Bonchev–Trinajstić information content (AvgIpc) is 3.12. The van der Waals surface area contributed by atoms with Gasteiger partial charge < -0.3 is 9.73 Å². The molecule has 0 saturated heterocycles. The summed E-state index contributed by atoms with van der Waals surface area (Å²) >= 11 is 3.25. The molecule has 0 spiro atoms. The van der Waals surface area contributed by atoms with E-state index >= 15 is 0 Å². The maximum absolute atomic E-state index is 12.5. The van der Waals surface area contributed by atoms with Gasteiger partial charge >= 0.3 is 0 Å². The highest BCUT2D eigenvalue weighted by molar-refractivity contribution is 9.10. The average molecular weight is 421 g/mol. The second-order valence-corrected chi connectivity index (χ2v) is 7.91. The summed E-state index contributed by atoms with van der Waals surface area (Å²) in [6.07, 6.45) is 3.24. The third-order valence-corrected chi connectivity index (χ3v) is 5.57. The van der Waals surface area contributed by atoms with Crippen molar-refractivity contribution in [1.29, 1.82) is 0 Å². The van der Waals surface area contributed by atoms with Gasteiger partial charge in [-0.15, -0.1) is 0 Å². The van der Waals surface area contributed by atoms with E-state index in [1.54, 1.807) is 36.7 Å². The van der Waals surface area contributed by atoms with Crippen LogP contribution < -0.4 is 5.32 Å². The zero-order valence-corrected chi connectivity index (χ0v) is 15.2. The Labute approximate surface area is 152 Å². The van der Waals surface area contributed by atoms with E-state index in [9.17, 15) is 13.2 Å². The van der Waals surface area contributed by atoms with E-state index in [1.807, 2.05) is 0 Å². The molecule has 6 nitrogen and oxygen atoms in total. The number of furan rings is 1. The van der Waals surface area contributed by atoms with Crippen LogP contribution in [0.15, 0.2) is 79.8 Å². The van der Waals surface area contributed by atoms with Gasteiger partial charge in [-0.25, -0.2) is 8.42 Å². The molecule has 0 atom stereocenters. The van der Waals surface area contributed by atoms with Crippen molar-refractivity contribution in [3.05, 3.63) is 76.7 Å². The summed E-state index contributed by atoms with van der Waals surface area (Å²) in [4.78, 5) is 16.1. The Morgan fingerprint density at radius 2 is 1.72 bits per heavy atom. The van der Waals surface area contributed by atoms with Crippen molar-refractivity contribution in [1.82, 2.24) is 10.3 Å². The second kappa shape index (κ2) is 7.20. The Kier molecular flexibility index (Phi) is 5.00. The van der Waals surface area contributed by atoms with Gasteiger partial charge in [0.05, 0.1) is 4.90 Å². The Balaban J connectivity index is 1.75. The largest absolute Gasteiger partial charge is 0.439 e. The summed E-state index contributed by atoms with van der Waals surface area (Å²) in [5.74, 6) is -0.557. The van der Waals surface area contributed by atoms with Crippen LogP contribution in [0.4, 0.5) is 0 Å². The number of rotatable bonds is 5. The van der Waals surface area contributed by atoms with Gasteiger partial charge in [0, 0.05) is 23.4 Å². The minimum Gasteiger partial charge on any atom is -0.439 e. The Hall–Kier alpha value is -2.45. The number of benzene rings is 1. The first kappa shape index (κ1) is 17.4. The van der Waals surface area contributed by atoms with Crippen molar-refractivity contribution < 1.29 is 17.6 Å². The Bertz CT molecular complexity index is 983. The molecule has 8 heteroatoms. The van der Waals surface area contributed by atoms with Crippen LogP contribution in [0.3, 0.4) is 0 Å². The second-order valence-electron chi connectivity index (χ2n) is 5.11. The van der Waals surface area contributed by atoms with Crippen LogP contribution in [0.1, 0.15) is 16.1 Å². The predicted octanol–water partition coefficient (Wildman–Crippen LogP) is 3.20. The number of sulfone groups is 1. The number of hydrogen-bond donors (Lipinski definition) is 1. The van der Waals surface area contributed by atoms with Crippen LogP contribution in [0.25, 0.3) is 0 Å². The van der Waals surface area contributed by atoms with Crippen molar-refractivity contribution in [2.75, 3.05) is 0 Å². The van der Waals surface area contributed by atoms with E-state index in [4.69, 9.17) is 4.42 Å². The summed E-state index contributed by atoms with van der Waals surface area (Å²) in [7, 11) is -3.81. The molecule has 25 heavy (non-hydrogen) atoms. The number of amides is 1. The molecule has 0 radical (unpaired) electrons. The molecule has 128 valence electrons. The first-order valence-electron chi connectivity index (χ1n) is 7.24. The molecule has 2 aromatic heterocycles. The molecule has 0 unspecified atom stereocenters. The molecule has 0 fully saturated rings. The number of carbonyl (C=O) groups is 1. The molecule has 1 N–H and O–H groups in total. The first-order chi connectivity index (χ1) is 12.0. The highest BCUT2D eigenvalue weighted by Gasteiger charge is 2.23. The summed E-state index contributed by atoms with van der Waals surface area (Å²) in [5, 5.41) is 2.39. The molecule has 1 aromatic carbocycles. The lowest BCUT2D eigenvalue weighted by Gasteiger charge is -2.03. The predicted molar refractivity (Wildman–Crippen MR) is 93.7 cm³/mol. The van der Waals surface area contributed by atoms with Gasteiger partial charge in [-0.1, -0.05) is 15.9 Å². The van der Waals surface area contributed by atoms with Crippen LogP contribution in [0.5, 0.6) is 0 Å². The number of aromatic nitrogens is 1. The van der Waals surface area contributed by atoms with Gasteiger partial charge in [0.2, 0.25) is 14.9 Å². The highest BCUT2D eigenvalue weighted by Crippen LogP contribution is 2.24. The minimum absolute atomic E-state index is 0.0651. The lowest BCUT2D eigenvalue weighted by atomic mass is 10.2. The van der Waals surface area contributed by atoms with E-state index in [0.29, 0.717) is 0 Å². The molecule has 1 amide bonds. The fraction of sp³-hybridized carbons (Fsp3) is 0.0588. The maximum atomic E-state index is 12.5. The molecular formula is C17H13BrN2O4S. The Morgan fingerprint density at radius 3 is 2.40 bits per heavy atom. The van der Waals surface area contributed by atoms with Gasteiger partial charge in [0.15, 0.2) is 5.76 Å². The lowest BCUT2D eigenvalue weighted by Crippen LogP contribution is -2.22. The summed E-state index contributed by atoms with van der Waals surface area (Å²) in [6, 6.07) is 12.3. The molecule has 0 aliphatic heterocycles. The molecule has 0 aliphatic rings. The third kappa shape index (κ3) is 3.97. The number of pyridine rings is 1.